The highest BCUT2D eigenvalue weighted by Crippen LogP contribution is 2.32. The molecule has 0 bridgehead atoms. The van der Waals surface area contributed by atoms with Crippen LogP contribution in [0.25, 0.3) is 0 Å². The van der Waals surface area contributed by atoms with Crippen molar-refractivity contribution in [3.8, 4) is 5.75 Å². The highest BCUT2D eigenvalue weighted by molar-refractivity contribution is 5.90. The van der Waals surface area contributed by atoms with Gasteiger partial charge in [0.05, 0.1) is 0 Å². The summed E-state index contributed by atoms with van der Waals surface area (Å²) in [6.45, 7) is 1.83. The molecule has 1 saturated carbocycles. The Morgan fingerprint density at radius 2 is 2.00 bits per heavy atom. The average molecular weight is 277 g/mol. The topological polar surface area (TPSA) is 75.6 Å². The fraction of sp³-hybridized carbons (Fsp3) is 0.467. The summed E-state index contributed by atoms with van der Waals surface area (Å²) in [7, 11) is 0. The first-order chi connectivity index (χ1) is 9.57. The first-order valence-corrected chi connectivity index (χ1v) is 6.84. The fourth-order valence-electron chi connectivity index (χ4n) is 2.22. The summed E-state index contributed by atoms with van der Waals surface area (Å²) >= 11 is 0. The zero-order valence-electron chi connectivity index (χ0n) is 11.5. The molecule has 108 valence electrons. The monoisotopic (exact) mass is 277 g/mol. The molecule has 20 heavy (non-hydrogen) atoms. The predicted octanol–water partition coefficient (Wildman–Crippen LogP) is 1.97. The van der Waals surface area contributed by atoms with Crippen LogP contribution >= 0.6 is 0 Å². The third kappa shape index (κ3) is 2.92. The minimum Gasteiger partial charge on any atom is -0.481 e. The highest BCUT2D eigenvalue weighted by atomic mass is 16.5. The summed E-state index contributed by atoms with van der Waals surface area (Å²) in [6.07, 6.45) is 1.60. The molecular weight excluding hydrogens is 258 g/mol. The van der Waals surface area contributed by atoms with Gasteiger partial charge in [-0.3, -0.25) is 4.79 Å². The quantitative estimate of drug-likeness (QED) is 0.833. The number of carboxylic acids is 1. The number of nitrogens with one attached hydrogen (secondary N) is 1. The van der Waals surface area contributed by atoms with E-state index in [1.165, 1.54) is 0 Å². The van der Waals surface area contributed by atoms with Crippen LogP contribution in [0, 0.1) is 0 Å². The zero-order chi connectivity index (χ0) is 14.6. The summed E-state index contributed by atoms with van der Waals surface area (Å²) in [5.74, 6) is -0.724. The molecule has 0 aromatic heterocycles. The van der Waals surface area contributed by atoms with Crippen LogP contribution in [0.3, 0.4) is 0 Å². The maximum Gasteiger partial charge on any atom is 0.329 e. The number of benzene rings is 1. The van der Waals surface area contributed by atoms with Crippen molar-refractivity contribution in [2.75, 3.05) is 0 Å². The smallest absolute Gasteiger partial charge is 0.329 e. The van der Waals surface area contributed by atoms with Gasteiger partial charge in [-0.15, -0.1) is 0 Å². The van der Waals surface area contributed by atoms with E-state index in [1.54, 1.807) is 12.1 Å². The van der Waals surface area contributed by atoms with Crippen LogP contribution in [-0.4, -0.2) is 28.6 Å². The van der Waals surface area contributed by atoms with Gasteiger partial charge in [0.2, 0.25) is 0 Å². The third-order valence-corrected chi connectivity index (χ3v) is 3.66. The van der Waals surface area contributed by atoms with Crippen LogP contribution in [0.1, 0.15) is 32.6 Å². The van der Waals surface area contributed by atoms with Gasteiger partial charge >= 0.3 is 5.97 Å². The lowest BCUT2D eigenvalue weighted by molar-refractivity contribution is -0.153. The van der Waals surface area contributed by atoms with Gasteiger partial charge < -0.3 is 15.2 Å². The van der Waals surface area contributed by atoms with Gasteiger partial charge in [0.1, 0.15) is 11.3 Å². The van der Waals surface area contributed by atoms with Crippen LogP contribution in [-0.2, 0) is 9.59 Å². The predicted molar refractivity (Wildman–Crippen MR) is 73.5 cm³/mol. The summed E-state index contributed by atoms with van der Waals surface area (Å²) in [4.78, 5) is 23.4. The second-order valence-electron chi connectivity index (χ2n) is 5.06. The molecule has 0 saturated heterocycles. The molecule has 5 nitrogen and oxygen atoms in total. The Bertz CT molecular complexity index is 482. The van der Waals surface area contributed by atoms with E-state index in [2.05, 4.69) is 5.32 Å². The van der Waals surface area contributed by atoms with Crippen molar-refractivity contribution < 1.29 is 19.4 Å². The Morgan fingerprint density at radius 1 is 1.35 bits per heavy atom. The van der Waals surface area contributed by atoms with Crippen LogP contribution in [0.2, 0.25) is 0 Å². The molecule has 0 aliphatic heterocycles. The summed E-state index contributed by atoms with van der Waals surface area (Å²) < 4.78 is 5.61. The van der Waals surface area contributed by atoms with E-state index in [4.69, 9.17) is 4.74 Å². The van der Waals surface area contributed by atoms with Crippen molar-refractivity contribution in [3.63, 3.8) is 0 Å². The van der Waals surface area contributed by atoms with Gasteiger partial charge in [-0.2, -0.15) is 0 Å². The fourth-order valence-corrected chi connectivity index (χ4v) is 2.22. The molecule has 1 unspecified atom stereocenters. The maximum atomic E-state index is 12.2. The molecular formula is C15H19NO4. The Hall–Kier alpha value is -2.04. The van der Waals surface area contributed by atoms with Crippen LogP contribution in [0.15, 0.2) is 30.3 Å². The Morgan fingerprint density at radius 3 is 2.45 bits per heavy atom. The highest BCUT2D eigenvalue weighted by Gasteiger charge is 2.46. The van der Waals surface area contributed by atoms with Crippen LogP contribution < -0.4 is 10.1 Å². The van der Waals surface area contributed by atoms with Crippen molar-refractivity contribution in [2.24, 2.45) is 0 Å². The van der Waals surface area contributed by atoms with E-state index < -0.39 is 17.6 Å². The van der Waals surface area contributed by atoms with Crippen molar-refractivity contribution in [1.82, 2.24) is 5.32 Å². The molecule has 1 aliphatic rings. The molecule has 0 heterocycles. The summed E-state index contributed by atoms with van der Waals surface area (Å²) in [5, 5.41) is 11.9. The first kappa shape index (κ1) is 14.4. The number of ether oxygens (including phenoxy) is 1. The Labute approximate surface area is 117 Å². The summed E-state index contributed by atoms with van der Waals surface area (Å²) in [5.41, 5.74) is -1.09. The largest absolute Gasteiger partial charge is 0.481 e. The minimum atomic E-state index is -1.09. The number of hydrogen-bond acceptors (Lipinski definition) is 3. The second kappa shape index (κ2) is 5.94. The molecule has 1 fully saturated rings. The standard InChI is InChI=1S/C15H19NO4/c1-2-12(20-11-7-4-3-5-8-11)13(17)16-15(14(18)19)9-6-10-15/h3-5,7-8,12H,2,6,9-10H2,1H3,(H,16,17)(H,18,19). The average Bonchev–Trinajstić information content (AvgIpc) is 2.40. The van der Waals surface area contributed by atoms with Gasteiger partial charge in [0, 0.05) is 0 Å². The summed E-state index contributed by atoms with van der Waals surface area (Å²) in [6, 6.07) is 9.05. The SMILES string of the molecule is CCC(Oc1ccccc1)C(=O)NC1(C(=O)O)CCC1. The number of rotatable bonds is 6. The molecule has 1 aliphatic carbocycles. The number of aliphatic carboxylic acids is 1. The number of carbonyl (C=O) groups is 2. The number of amides is 1. The van der Waals surface area contributed by atoms with E-state index in [9.17, 15) is 14.7 Å². The first-order valence-electron chi connectivity index (χ1n) is 6.84. The number of hydrogen-bond donors (Lipinski definition) is 2. The van der Waals surface area contributed by atoms with Gasteiger partial charge in [0.15, 0.2) is 6.10 Å². The lowest BCUT2D eigenvalue weighted by atomic mass is 9.76. The van der Waals surface area contributed by atoms with E-state index in [0.29, 0.717) is 25.0 Å². The van der Waals surface area contributed by atoms with Gasteiger partial charge in [-0.05, 0) is 37.8 Å². The number of carboxylic acid groups (broad SMARTS) is 1. The second-order valence-corrected chi connectivity index (χ2v) is 5.06. The van der Waals surface area contributed by atoms with Crippen molar-refractivity contribution in [3.05, 3.63) is 30.3 Å². The molecule has 1 aromatic carbocycles. The van der Waals surface area contributed by atoms with Gasteiger partial charge in [0.25, 0.3) is 5.91 Å². The van der Waals surface area contributed by atoms with Crippen LogP contribution in [0.5, 0.6) is 5.75 Å². The third-order valence-electron chi connectivity index (χ3n) is 3.66. The normalized spacial score (nSPS) is 17.6. The zero-order valence-corrected chi connectivity index (χ0v) is 11.5. The molecule has 2 N–H and O–H groups in total. The van der Waals surface area contributed by atoms with E-state index in [-0.39, 0.29) is 5.91 Å². The minimum absolute atomic E-state index is 0.363. The molecule has 0 radical (unpaired) electrons. The molecule has 1 amide bonds. The van der Waals surface area contributed by atoms with E-state index >= 15 is 0 Å². The Kier molecular flexibility index (Phi) is 4.27. The number of carbonyl (C=O) groups excluding carboxylic acids is 1. The molecule has 2 rings (SSSR count). The number of para-hydroxylation sites is 1. The lowest BCUT2D eigenvalue weighted by Gasteiger charge is -2.39. The van der Waals surface area contributed by atoms with Gasteiger partial charge in [-0.25, -0.2) is 4.79 Å². The van der Waals surface area contributed by atoms with E-state index in [0.717, 1.165) is 6.42 Å². The lowest BCUT2D eigenvalue weighted by Crippen LogP contribution is -2.61. The Balaban J connectivity index is 2.01. The van der Waals surface area contributed by atoms with Crippen molar-refractivity contribution in [1.29, 1.82) is 0 Å². The molecule has 1 atom stereocenters. The molecule has 5 heteroatoms. The van der Waals surface area contributed by atoms with Crippen molar-refractivity contribution in [2.45, 2.75) is 44.2 Å². The van der Waals surface area contributed by atoms with Gasteiger partial charge in [-0.1, -0.05) is 25.1 Å². The molecule has 0 spiro atoms. The van der Waals surface area contributed by atoms with Crippen LogP contribution in [0.4, 0.5) is 0 Å². The molecule has 1 aromatic rings. The van der Waals surface area contributed by atoms with E-state index in [1.807, 2.05) is 25.1 Å². The maximum absolute atomic E-state index is 12.2. The van der Waals surface area contributed by atoms with Crippen molar-refractivity contribution >= 4 is 11.9 Å².